The van der Waals surface area contributed by atoms with E-state index < -0.39 is 6.04 Å². The molecule has 2 aromatic rings. The smallest absolute Gasteiger partial charge is 0.240 e. The summed E-state index contributed by atoms with van der Waals surface area (Å²) in [6, 6.07) is 9.54. The van der Waals surface area contributed by atoms with Crippen molar-refractivity contribution >= 4 is 17.2 Å². The van der Waals surface area contributed by atoms with Crippen LogP contribution in [0.1, 0.15) is 29.5 Å². The molecule has 0 bridgehead atoms. The Morgan fingerprint density at radius 3 is 2.62 bits per heavy atom. The summed E-state index contributed by atoms with van der Waals surface area (Å²) in [4.78, 5) is 19.7. The molecule has 1 heterocycles. The Bertz CT molecular complexity index is 582. The lowest BCUT2D eigenvalue weighted by Crippen LogP contribution is -2.42. The van der Waals surface area contributed by atoms with Gasteiger partial charge in [0, 0.05) is 11.4 Å². The first-order chi connectivity index (χ1) is 10.1. The molecule has 2 N–H and O–H groups in total. The zero-order chi connectivity index (χ0) is 15.2. The Kier molecular flexibility index (Phi) is 5.47. The monoisotopic (exact) mass is 303 g/mol. The van der Waals surface area contributed by atoms with Crippen LogP contribution in [0.2, 0.25) is 0 Å². The lowest BCUT2D eigenvalue weighted by atomic mass is 10.1. The minimum Gasteiger partial charge on any atom is -0.332 e. The van der Waals surface area contributed by atoms with Crippen LogP contribution in [0.5, 0.6) is 0 Å². The normalized spacial score (nSPS) is 12.1. The maximum atomic E-state index is 12.5. The van der Waals surface area contributed by atoms with Gasteiger partial charge in [0.05, 0.1) is 23.8 Å². The highest BCUT2D eigenvalue weighted by Gasteiger charge is 2.21. The van der Waals surface area contributed by atoms with Gasteiger partial charge in [-0.3, -0.25) is 4.79 Å². The number of nitrogens with two attached hydrogens (primary N) is 1. The van der Waals surface area contributed by atoms with E-state index in [-0.39, 0.29) is 5.91 Å². The molecule has 21 heavy (non-hydrogen) atoms. The first-order valence-corrected chi connectivity index (χ1v) is 7.97. The Labute approximate surface area is 129 Å². The minimum absolute atomic E-state index is 0.00541. The molecule has 0 unspecified atom stereocenters. The van der Waals surface area contributed by atoms with Gasteiger partial charge in [0.1, 0.15) is 0 Å². The first-order valence-electron chi connectivity index (χ1n) is 7.09. The number of hydrogen-bond donors (Lipinski definition) is 1. The molecule has 0 spiro atoms. The van der Waals surface area contributed by atoms with Gasteiger partial charge in [-0.2, -0.15) is 0 Å². The summed E-state index contributed by atoms with van der Waals surface area (Å²) in [6.07, 6.45) is 0.645. The molecule has 0 saturated carbocycles. The van der Waals surface area contributed by atoms with Crippen LogP contribution in [-0.4, -0.2) is 21.8 Å². The second-order valence-electron chi connectivity index (χ2n) is 5.06. The third-order valence-electron chi connectivity index (χ3n) is 3.46. The fourth-order valence-electron chi connectivity index (χ4n) is 2.08. The summed E-state index contributed by atoms with van der Waals surface area (Å²) in [5, 5.41) is 0. The van der Waals surface area contributed by atoms with Crippen LogP contribution in [-0.2, 0) is 17.9 Å². The van der Waals surface area contributed by atoms with Crippen molar-refractivity contribution in [1.82, 2.24) is 9.88 Å². The SMILES string of the molecule is CC[C@H](N)C(=O)N(Cc1ccccc1)Cc1scnc1C. The van der Waals surface area contributed by atoms with Crippen molar-refractivity contribution in [3.8, 4) is 0 Å². The molecule has 0 fully saturated rings. The molecule has 5 heteroatoms. The second-order valence-corrected chi connectivity index (χ2v) is 5.99. The maximum absolute atomic E-state index is 12.5. The topological polar surface area (TPSA) is 59.2 Å². The zero-order valence-electron chi connectivity index (χ0n) is 12.5. The number of carbonyl (C=O) groups is 1. The molecule has 1 amide bonds. The predicted octanol–water partition coefficient (Wildman–Crippen LogP) is 2.72. The van der Waals surface area contributed by atoms with Crippen LogP contribution in [0.3, 0.4) is 0 Å². The molecule has 4 nitrogen and oxygen atoms in total. The van der Waals surface area contributed by atoms with E-state index in [1.54, 1.807) is 11.3 Å². The molecule has 0 aliphatic rings. The van der Waals surface area contributed by atoms with Gasteiger partial charge in [0.25, 0.3) is 0 Å². The van der Waals surface area contributed by atoms with Gasteiger partial charge in [-0.25, -0.2) is 4.98 Å². The minimum atomic E-state index is -0.443. The molecule has 1 aromatic carbocycles. The van der Waals surface area contributed by atoms with Crippen molar-refractivity contribution < 1.29 is 4.79 Å². The molecule has 1 atom stereocenters. The Balaban J connectivity index is 2.18. The lowest BCUT2D eigenvalue weighted by Gasteiger charge is -2.25. The average Bonchev–Trinajstić information content (AvgIpc) is 2.91. The summed E-state index contributed by atoms with van der Waals surface area (Å²) in [5.74, 6) is -0.00541. The van der Waals surface area contributed by atoms with Crippen LogP contribution >= 0.6 is 11.3 Å². The summed E-state index contributed by atoms with van der Waals surface area (Å²) in [7, 11) is 0. The van der Waals surface area contributed by atoms with Crippen molar-refractivity contribution in [2.75, 3.05) is 0 Å². The van der Waals surface area contributed by atoms with Crippen molar-refractivity contribution in [3.05, 3.63) is 52.0 Å². The van der Waals surface area contributed by atoms with Gasteiger partial charge in [-0.15, -0.1) is 11.3 Å². The van der Waals surface area contributed by atoms with Crippen LogP contribution in [0, 0.1) is 6.92 Å². The number of amides is 1. The van der Waals surface area contributed by atoms with Crippen molar-refractivity contribution in [1.29, 1.82) is 0 Å². The van der Waals surface area contributed by atoms with E-state index in [1.165, 1.54) is 0 Å². The van der Waals surface area contributed by atoms with Crippen LogP contribution in [0.25, 0.3) is 0 Å². The lowest BCUT2D eigenvalue weighted by molar-refractivity contribution is -0.133. The van der Waals surface area contributed by atoms with E-state index >= 15 is 0 Å². The van der Waals surface area contributed by atoms with Crippen LogP contribution < -0.4 is 5.73 Å². The summed E-state index contributed by atoms with van der Waals surface area (Å²) >= 11 is 1.58. The third kappa shape index (κ3) is 4.12. The van der Waals surface area contributed by atoms with Gasteiger partial charge in [0.2, 0.25) is 5.91 Å². The average molecular weight is 303 g/mol. The number of aromatic nitrogens is 1. The number of benzene rings is 1. The van der Waals surface area contributed by atoms with E-state index in [0.29, 0.717) is 19.5 Å². The van der Waals surface area contributed by atoms with Crippen molar-refractivity contribution in [3.63, 3.8) is 0 Å². The number of nitrogens with zero attached hydrogens (tertiary/aromatic N) is 2. The largest absolute Gasteiger partial charge is 0.332 e. The Morgan fingerprint density at radius 1 is 1.33 bits per heavy atom. The number of thiazole rings is 1. The van der Waals surface area contributed by atoms with Crippen molar-refractivity contribution in [2.45, 2.75) is 39.4 Å². The van der Waals surface area contributed by atoms with E-state index in [2.05, 4.69) is 4.98 Å². The fourth-order valence-corrected chi connectivity index (χ4v) is 2.87. The molecule has 0 aliphatic carbocycles. The second kappa shape index (κ2) is 7.33. The van der Waals surface area contributed by atoms with Crippen molar-refractivity contribution in [2.24, 2.45) is 5.73 Å². The van der Waals surface area contributed by atoms with E-state index in [0.717, 1.165) is 16.1 Å². The predicted molar refractivity (Wildman–Crippen MR) is 85.8 cm³/mol. The van der Waals surface area contributed by atoms with Gasteiger partial charge in [-0.1, -0.05) is 37.3 Å². The van der Waals surface area contributed by atoms with Gasteiger partial charge in [0.15, 0.2) is 0 Å². The quantitative estimate of drug-likeness (QED) is 0.892. The highest BCUT2D eigenvalue weighted by molar-refractivity contribution is 7.09. The van der Waals surface area contributed by atoms with E-state index in [9.17, 15) is 4.79 Å². The third-order valence-corrected chi connectivity index (χ3v) is 4.38. The number of carbonyl (C=O) groups excluding carboxylic acids is 1. The molecule has 0 radical (unpaired) electrons. The highest BCUT2D eigenvalue weighted by Crippen LogP contribution is 2.18. The fraction of sp³-hybridized carbons (Fsp3) is 0.375. The molecule has 2 rings (SSSR count). The Hall–Kier alpha value is -1.72. The first kappa shape index (κ1) is 15.7. The number of hydrogen-bond acceptors (Lipinski definition) is 4. The maximum Gasteiger partial charge on any atom is 0.240 e. The van der Waals surface area contributed by atoms with Crippen LogP contribution in [0.4, 0.5) is 0 Å². The molecule has 1 aromatic heterocycles. The molecule has 0 aliphatic heterocycles. The van der Waals surface area contributed by atoms with Gasteiger partial charge < -0.3 is 10.6 Å². The highest BCUT2D eigenvalue weighted by atomic mass is 32.1. The molecular formula is C16H21N3OS. The standard InChI is InChI=1S/C16H21N3OS/c1-3-14(17)16(20)19(9-13-7-5-4-6-8-13)10-15-12(2)18-11-21-15/h4-8,11,14H,3,9-10,17H2,1-2H3/t14-/m0/s1. The zero-order valence-corrected chi connectivity index (χ0v) is 13.3. The Morgan fingerprint density at radius 2 is 2.05 bits per heavy atom. The van der Waals surface area contributed by atoms with Gasteiger partial charge in [-0.05, 0) is 18.9 Å². The van der Waals surface area contributed by atoms with Gasteiger partial charge >= 0.3 is 0 Å². The van der Waals surface area contributed by atoms with Crippen LogP contribution in [0.15, 0.2) is 35.8 Å². The summed E-state index contributed by atoms with van der Waals surface area (Å²) in [6.45, 7) is 5.04. The van der Waals surface area contributed by atoms with E-state index in [1.807, 2.05) is 54.6 Å². The number of aryl methyl sites for hydroxylation is 1. The molecule has 0 saturated heterocycles. The molecule has 112 valence electrons. The van der Waals surface area contributed by atoms with E-state index in [4.69, 9.17) is 5.73 Å². The summed E-state index contributed by atoms with van der Waals surface area (Å²) < 4.78 is 0. The molecular weight excluding hydrogens is 282 g/mol. The number of rotatable bonds is 6. The summed E-state index contributed by atoms with van der Waals surface area (Å²) in [5.41, 5.74) is 9.84.